The summed E-state index contributed by atoms with van der Waals surface area (Å²) < 4.78 is 24.1. The Hall–Kier alpha value is -3.20. The largest absolute Gasteiger partial charge is 0.333 e. The lowest BCUT2D eigenvalue weighted by Gasteiger charge is -2.30. The molecule has 174 valence electrons. The highest BCUT2D eigenvalue weighted by molar-refractivity contribution is 7.91. The Kier molecular flexibility index (Phi) is 6.25. The molecule has 0 bridgehead atoms. The van der Waals surface area contributed by atoms with Gasteiger partial charge < -0.3 is 4.90 Å². The Labute approximate surface area is 193 Å². The zero-order valence-corrected chi connectivity index (χ0v) is 19.5. The number of aryl methyl sites for hydroxylation is 1. The third kappa shape index (κ3) is 4.78. The van der Waals surface area contributed by atoms with Crippen molar-refractivity contribution in [1.82, 2.24) is 9.80 Å². The van der Waals surface area contributed by atoms with Crippen LogP contribution in [0.25, 0.3) is 0 Å². The van der Waals surface area contributed by atoms with E-state index >= 15 is 0 Å². The number of rotatable bonds is 6. The summed E-state index contributed by atoms with van der Waals surface area (Å²) >= 11 is 0. The number of sulfone groups is 1. The van der Waals surface area contributed by atoms with Gasteiger partial charge in [-0.1, -0.05) is 48.0 Å². The van der Waals surface area contributed by atoms with Crippen LogP contribution in [-0.2, 0) is 26.0 Å². The average molecular weight is 470 g/mol. The van der Waals surface area contributed by atoms with Crippen molar-refractivity contribution in [2.75, 3.05) is 23.0 Å². The monoisotopic (exact) mass is 469 g/mol. The molecule has 4 rings (SSSR count). The molecule has 0 unspecified atom stereocenters. The van der Waals surface area contributed by atoms with Crippen LogP contribution in [0.5, 0.6) is 0 Å². The number of amides is 4. The van der Waals surface area contributed by atoms with Gasteiger partial charge in [0.05, 0.1) is 11.5 Å². The number of nitrogens with zero attached hydrogens (tertiary/aromatic N) is 3. The van der Waals surface area contributed by atoms with Gasteiger partial charge in [-0.2, -0.15) is 0 Å². The molecule has 9 heteroatoms. The molecular formula is C24H27N3O5S. The van der Waals surface area contributed by atoms with E-state index in [4.69, 9.17) is 0 Å². The zero-order chi connectivity index (χ0) is 23.8. The van der Waals surface area contributed by atoms with Crippen molar-refractivity contribution < 1.29 is 22.8 Å². The SMILES string of the molecule is Cc1ccc(N2C(=O)N(CC(=O)N(Cc3ccccc3)[C@@H]3CCS(=O)(=O)C3)C(=O)[C@@H]2C)cc1. The topological polar surface area (TPSA) is 95.1 Å². The maximum absolute atomic E-state index is 13.4. The summed E-state index contributed by atoms with van der Waals surface area (Å²) in [7, 11) is -3.22. The van der Waals surface area contributed by atoms with Crippen molar-refractivity contribution in [1.29, 1.82) is 0 Å². The number of imide groups is 1. The quantitative estimate of drug-likeness (QED) is 0.606. The van der Waals surface area contributed by atoms with Gasteiger partial charge in [0.2, 0.25) is 5.91 Å². The van der Waals surface area contributed by atoms with E-state index in [9.17, 15) is 22.8 Å². The van der Waals surface area contributed by atoms with Crippen molar-refractivity contribution in [2.45, 2.75) is 38.9 Å². The lowest BCUT2D eigenvalue weighted by Crippen LogP contribution is -2.47. The molecule has 2 aromatic carbocycles. The first-order valence-corrected chi connectivity index (χ1v) is 12.7. The molecule has 2 aliphatic heterocycles. The van der Waals surface area contributed by atoms with Gasteiger partial charge in [0, 0.05) is 18.3 Å². The van der Waals surface area contributed by atoms with Crippen LogP contribution in [0.4, 0.5) is 10.5 Å². The highest BCUT2D eigenvalue weighted by atomic mass is 32.2. The fraction of sp³-hybridized carbons (Fsp3) is 0.375. The molecular weight excluding hydrogens is 442 g/mol. The van der Waals surface area contributed by atoms with Crippen LogP contribution in [0.3, 0.4) is 0 Å². The first kappa shape index (κ1) is 23.0. The number of anilines is 1. The molecule has 33 heavy (non-hydrogen) atoms. The van der Waals surface area contributed by atoms with E-state index in [2.05, 4.69) is 0 Å². The molecule has 2 atom stereocenters. The van der Waals surface area contributed by atoms with Gasteiger partial charge in [-0.05, 0) is 38.0 Å². The first-order valence-electron chi connectivity index (χ1n) is 10.9. The van der Waals surface area contributed by atoms with Crippen molar-refractivity contribution >= 4 is 33.4 Å². The van der Waals surface area contributed by atoms with Crippen LogP contribution in [0, 0.1) is 6.92 Å². The number of urea groups is 1. The average Bonchev–Trinajstić information content (AvgIpc) is 3.25. The van der Waals surface area contributed by atoms with Gasteiger partial charge in [-0.3, -0.25) is 19.4 Å². The van der Waals surface area contributed by atoms with Gasteiger partial charge in [0.15, 0.2) is 9.84 Å². The van der Waals surface area contributed by atoms with Gasteiger partial charge in [-0.25, -0.2) is 13.2 Å². The molecule has 0 radical (unpaired) electrons. The van der Waals surface area contributed by atoms with E-state index in [1.54, 1.807) is 19.1 Å². The molecule has 0 aromatic heterocycles. The summed E-state index contributed by atoms with van der Waals surface area (Å²) in [6, 6.07) is 14.8. The number of hydrogen-bond acceptors (Lipinski definition) is 5. The summed E-state index contributed by atoms with van der Waals surface area (Å²) in [5.74, 6) is -0.983. The Bertz CT molecular complexity index is 1160. The molecule has 8 nitrogen and oxygen atoms in total. The van der Waals surface area contributed by atoms with Crippen LogP contribution in [0.2, 0.25) is 0 Å². The molecule has 2 aliphatic rings. The molecule has 0 N–H and O–H groups in total. The first-order chi connectivity index (χ1) is 15.7. The van der Waals surface area contributed by atoms with Crippen molar-refractivity contribution in [3.63, 3.8) is 0 Å². The lowest BCUT2D eigenvalue weighted by atomic mass is 10.1. The Morgan fingerprint density at radius 3 is 2.33 bits per heavy atom. The van der Waals surface area contributed by atoms with Crippen LogP contribution >= 0.6 is 0 Å². The predicted molar refractivity (Wildman–Crippen MR) is 124 cm³/mol. The summed E-state index contributed by atoms with van der Waals surface area (Å²) in [5, 5.41) is 0. The van der Waals surface area contributed by atoms with Crippen LogP contribution in [-0.4, -0.2) is 66.2 Å². The maximum Gasteiger partial charge on any atom is 0.332 e. The van der Waals surface area contributed by atoms with Crippen LogP contribution < -0.4 is 4.90 Å². The molecule has 0 aliphatic carbocycles. The standard InChI is InChI=1S/C24H27N3O5S/c1-17-8-10-20(11-9-17)27-18(2)23(29)26(24(27)30)15-22(28)25(14-19-6-4-3-5-7-19)21-12-13-33(31,32)16-21/h3-11,18,21H,12-16H2,1-2H3/t18-,21+/m0/s1. The number of carbonyl (C=O) groups is 3. The number of hydrogen-bond donors (Lipinski definition) is 0. The lowest BCUT2D eigenvalue weighted by molar-refractivity contribution is -0.139. The van der Waals surface area contributed by atoms with Crippen LogP contribution in [0.15, 0.2) is 54.6 Å². The highest BCUT2D eigenvalue weighted by Crippen LogP contribution is 2.27. The minimum Gasteiger partial charge on any atom is -0.333 e. The molecule has 0 spiro atoms. The zero-order valence-electron chi connectivity index (χ0n) is 18.7. The van der Waals surface area contributed by atoms with Crippen LogP contribution in [0.1, 0.15) is 24.5 Å². The Balaban J connectivity index is 1.56. The minimum absolute atomic E-state index is 0.0239. The fourth-order valence-electron chi connectivity index (χ4n) is 4.36. The van der Waals surface area contributed by atoms with Crippen molar-refractivity contribution in [3.05, 3.63) is 65.7 Å². The normalized spacial score (nSPS) is 22.1. The highest BCUT2D eigenvalue weighted by Gasteiger charge is 2.45. The van der Waals surface area contributed by atoms with E-state index in [0.29, 0.717) is 12.1 Å². The van der Waals surface area contributed by atoms with E-state index in [1.807, 2.05) is 49.4 Å². The number of carbonyl (C=O) groups excluding carboxylic acids is 3. The molecule has 2 heterocycles. The van der Waals surface area contributed by atoms with Crippen molar-refractivity contribution in [3.8, 4) is 0 Å². The predicted octanol–water partition coefficient (Wildman–Crippen LogP) is 2.37. The summed E-state index contributed by atoms with van der Waals surface area (Å²) in [5.41, 5.74) is 2.47. The number of benzene rings is 2. The van der Waals surface area contributed by atoms with Gasteiger partial charge in [0.1, 0.15) is 12.6 Å². The van der Waals surface area contributed by atoms with Gasteiger partial charge >= 0.3 is 6.03 Å². The summed E-state index contributed by atoms with van der Waals surface area (Å²) in [6.45, 7) is 3.36. The third-order valence-corrected chi connectivity index (χ3v) is 7.97. The molecule has 2 saturated heterocycles. The molecule has 2 aromatic rings. The van der Waals surface area contributed by atoms with Crippen molar-refractivity contribution in [2.24, 2.45) is 0 Å². The van der Waals surface area contributed by atoms with Gasteiger partial charge in [0.25, 0.3) is 5.91 Å². The van der Waals surface area contributed by atoms with Gasteiger partial charge in [-0.15, -0.1) is 0 Å². The van der Waals surface area contributed by atoms with E-state index in [0.717, 1.165) is 16.0 Å². The third-order valence-electron chi connectivity index (χ3n) is 6.22. The minimum atomic E-state index is -3.22. The molecule has 2 fully saturated rings. The molecule has 0 saturated carbocycles. The summed E-state index contributed by atoms with van der Waals surface area (Å²) in [4.78, 5) is 43.2. The van der Waals surface area contributed by atoms with E-state index < -0.39 is 46.3 Å². The Morgan fingerprint density at radius 2 is 1.73 bits per heavy atom. The Morgan fingerprint density at radius 1 is 1.06 bits per heavy atom. The van der Waals surface area contributed by atoms with E-state index in [-0.39, 0.29) is 18.1 Å². The molecule has 4 amide bonds. The summed E-state index contributed by atoms with van der Waals surface area (Å²) in [6.07, 6.45) is 0.342. The van der Waals surface area contributed by atoms with E-state index in [1.165, 1.54) is 9.80 Å². The maximum atomic E-state index is 13.4. The fourth-order valence-corrected chi connectivity index (χ4v) is 6.09. The second-order valence-electron chi connectivity index (χ2n) is 8.65. The smallest absolute Gasteiger partial charge is 0.332 e. The second-order valence-corrected chi connectivity index (χ2v) is 10.9. The second kappa shape index (κ2) is 8.97.